The lowest BCUT2D eigenvalue weighted by atomic mass is 9.81. The van der Waals surface area contributed by atoms with Crippen molar-refractivity contribution >= 4 is 46.4 Å². The number of hydrogen-bond donors (Lipinski definition) is 5. The van der Waals surface area contributed by atoms with E-state index in [0.717, 1.165) is 0 Å². The van der Waals surface area contributed by atoms with Gasteiger partial charge in [-0.15, -0.1) is 0 Å². The minimum atomic E-state index is -0.970. The largest absolute Gasteiger partial charge is 0.353 e. The molecule has 2 aromatic carbocycles. The maximum absolute atomic E-state index is 13.1. The molecule has 2 aromatic rings. The van der Waals surface area contributed by atoms with Crippen molar-refractivity contribution in [3.8, 4) is 0 Å². The number of aryl methyl sites for hydroxylation is 1. The number of nitro benzene ring substituents is 1. The van der Waals surface area contributed by atoms with Gasteiger partial charge in [0.1, 0.15) is 0 Å². The molecule has 0 spiro atoms. The molecule has 0 radical (unpaired) electrons. The molecule has 0 saturated carbocycles. The molecule has 2 heterocycles. The number of nitrogens with one attached hydrogen (secondary N) is 5. The number of carbonyl (C=O) groups is 3. The Hall–Kier alpha value is -3.70. The van der Waals surface area contributed by atoms with E-state index < -0.39 is 46.9 Å². The van der Waals surface area contributed by atoms with Crippen LogP contribution in [-0.2, 0) is 14.4 Å². The van der Waals surface area contributed by atoms with Gasteiger partial charge in [-0.1, -0.05) is 23.7 Å². The van der Waals surface area contributed by atoms with Crippen LogP contribution in [0.5, 0.6) is 0 Å². The van der Waals surface area contributed by atoms with Gasteiger partial charge in [0.05, 0.1) is 28.6 Å². The fraction of sp³-hybridized carbons (Fsp3) is 0.286. The Kier molecular flexibility index (Phi) is 6.16. The van der Waals surface area contributed by atoms with Crippen molar-refractivity contribution in [3.05, 3.63) is 63.2 Å². The highest BCUT2D eigenvalue weighted by molar-refractivity contribution is 6.30. The van der Waals surface area contributed by atoms with Gasteiger partial charge in [0.25, 0.3) is 5.69 Å². The monoisotopic (exact) mass is 472 g/mol. The molecule has 2 aliphatic rings. The van der Waals surface area contributed by atoms with Crippen LogP contribution in [0.15, 0.2) is 42.5 Å². The van der Waals surface area contributed by atoms with Crippen molar-refractivity contribution in [1.82, 2.24) is 16.0 Å². The summed E-state index contributed by atoms with van der Waals surface area (Å²) in [6, 6.07) is 11.0. The number of hydrogen-bond acceptors (Lipinski definition) is 7. The number of amides is 3. The van der Waals surface area contributed by atoms with Crippen LogP contribution < -0.4 is 26.6 Å². The van der Waals surface area contributed by atoms with E-state index in [1.807, 2.05) is 0 Å². The van der Waals surface area contributed by atoms with E-state index in [-0.39, 0.29) is 17.8 Å². The highest BCUT2D eigenvalue weighted by atomic mass is 35.5. The number of nitrogens with zero attached hydrogens (tertiary/aromatic N) is 1. The highest BCUT2D eigenvalue weighted by Gasteiger charge is 2.48. The molecule has 3 amide bonds. The molecule has 0 bridgehead atoms. The Morgan fingerprint density at radius 1 is 1.18 bits per heavy atom. The van der Waals surface area contributed by atoms with Gasteiger partial charge in [0, 0.05) is 29.3 Å². The first-order valence-electron chi connectivity index (χ1n) is 10.1. The maximum atomic E-state index is 13.1. The molecule has 2 aliphatic heterocycles. The van der Waals surface area contributed by atoms with Crippen LogP contribution in [0, 0.1) is 28.9 Å². The van der Waals surface area contributed by atoms with Gasteiger partial charge in [-0.05, 0) is 30.7 Å². The Labute approximate surface area is 193 Å². The standard InChI is InChI=1S/C21H21ClN6O5/c1-10-5-6-13(28(32)33)8-15(10)24-19(30)14-9-16(29)25-18-17(14)20(31)27-21(26-18)23-12-4-2-3-11(22)7-12/h2-8,14,17-18,21,23,26H,9H2,1H3,(H,24,30)(H,25,29)(H,27,31). The van der Waals surface area contributed by atoms with Crippen molar-refractivity contribution < 1.29 is 19.3 Å². The minimum absolute atomic E-state index is 0.179. The summed E-state index contributed by atoms with van der Waals surface area (Å²) in [6.45, 7) is 1.69. The molecule has 2 fully saturated rings. The molecule has 11 nitrogen and oxygen atoms in total. The second kappa shape index (κ2) is 9.04. The lowest BCUT2D eigenvalue weighted by Gasteiger charge is -2.43. The summed E-state index contributed by atoms with van der Waals surface area (Å²) in [4.78, 5) is 48.8. The summed E-state index contributed by atoms with van der Waals surface area (Å²) < 4.78 is 0. The number of piperidine rings is 1. The fourth-order valence-electron chi connectivity index (χ4n) is 3.98. The predicted molar refractivity (Wildman–Crippen MR) is 120 cm³/mol. The summed E-state index contributed by atoms with van der Waals surface area (Å²) in [5.74, 6) is -3.23. The van der Waals surface area contributed by atoms with Gasteiger partial charge in [-0.3, -0.25) is 29.8 Å². The van der Waals surface area contributed by atoms with E-state index >= 15 is 0 Å². The van der Waals surface area contributed by atoms with Crippen molar-refractivity contribution in [3.63, 3.8) is 0 Å². The van der Waals surface area contributed by atoms with E-state index in [2.05, 4.69) is 26.6 Å². The van der Waals surface area contributed by atoms with Gasteiger partial charge in [-0.25, -0.2) is 0 Å². The minimum Gasteiger partial charge on any atom is -0.353 e. The number of anilines is 2. The van der Waals surface area contributed by atoms with Crippen LogP contribution in [0.1, 0.15) is 12.0 Å². The van der Waals surface area contributed by atoms with E-state index in [1.165, 1.54) is 18.2 Å². The number of benzene rings is 2. The SMILES string of the molecule is Cc1ccc([N+](=O)[O-])cc1NC(=O)C1CC(=O)NC2NC(Nc3cccc(Cl)c3)NC(=O)C21. The number of nitro groups is 1. The van der Waals surface area contributed by atoms with Crippen LogP contribution in [0.3, 0.4) is 0 Å². The average Bonchev–Trinajstić information content (AvgIpc) is 2.74. The second-order valence-corrected chi connectivity index (χ2v) is 8.33. The van der Waals surface area contributed by atoms with Crippen molar-refractivity contribution in [1.29, 1.82) is 0 Å². The third-order valence-corrected chi connectivity index (χ3v) is 5.85. The molecular formula is C21H21ClN6O5. The third-order valence-electron chi connectivity index (χ3n) is 5.61. The quantitative estimate of drug-likeness (QED) is 0.327. The first kappa shape index (κ1) is 22.5. The molecule has 0 aliphatic carbocycles. The smallest absolute Gasteiger partial charge is 0.271 e. The van der Waals surface area contributed by atoms with Gasteiger partial charge >= 0.3 is 0 Å². The maximum Gasteiger partial charge on any atom is 0.271 e. The zero-order valence-corrected chi connectivity index (χ0v) is 18.2. The normalized spacial score (nSPS) is 24.2. The summed E-state index contributed by atoms with van der Waals surface area (Å²) in [5.41, 5.74) is 1.34. The third kappa shape index (κ3) is 4.89. The first-order valence-corrected chi connectivity index (χ1v) is 10.5. The Morgan fingerprint density at radius 3 is 2.70 bits per heavy atom. The van der Waals surface area contributed by atoms with Crippen molar-refractivity contribution in [2.24, 2.45) is 11.8 Å². The summed E-state index contributed by atoms with van der Waals surface area (Å²) in [6.07, 6.45) is -1.69. The Morgan fingerprint density at radius 2 is 1.97 bits per heavy atom. The molecule has 5 N–H and O–H groups in total. The number of rotatable bonds is 5. The zero-order valence-electron chi connectivity index (χ0n) is 17.4. The van der Waals surface area contributed by atoms with Crippen LogP contribution in [0.25, 0.3) is 0 Å². The fourth-order valence-corrected chi connectivity index (χ4v) is 4.17. The van der Waals surface area contributed by atoms with Gasteiger partial charge in [-0.2, -0.15) is 0 Å². The molecule has 2 saturated heterocycles. The molecule has 172 valence electrons. The van der Waals surface area contributed by atoms with Crippen LogP contribution >= 0.6 is 11.6 Å². The number of carbonyl (C=O) groups excluding carboxylic acids is 3. The van der Waals surface area contributed by atoms with Gasteiger partial charge < -0.3 is 21.3 Å². The van der Waals surface area contributed by atoms with Crippen molar-refractivity contribution in [2.75, 3.05) is 10.6 Å². The molecule has 4 atom stereocenters. The van der Waals surface area contributed by atoms with Crippen LogP contribution in [0.2, 0.25) is 5.02 Å². The summed E-state index contributed by atoms with van der Waals surface area (Å²) >= 11 is 5.99. The van der Waals surface area contributed by atoms with Crippen LogP contribution in [-0.4, -0.2) is 35.1 Å². The van der Waals surface area contributed by atoms with Gasteiger partial charge in [0.2, 0.25) is 17.7 Å². The lowest BCUT2D eigenvalue weighted by molar-refractivity contribution is -0.384. The van der Waals surface area contributed by atoms with Crippen LogP contribution in [0.4, 0.5) is 17.1 Å². The summed E-state index contributed by atoms with van der Waals surface area (Å²) in [7, 11) is 0. The van der Waals surface area contributed by atoms with E-state index in [0.29, 0.717) is 16.3 Å². The number of halogens is 1. The molecule has 0 aromatic heterocycles. The predicted octanol–water partition coefficient (Wildman–Crippen LogP) is 1.69. The lowest BCUT2D eigenvalue weighted by Crippen LogP contribution is -2.72. The number of non-ortho nitro benzene ring substituents is 1. The van der Waals surface area contributed by atoms with Crippen molar-refractivity contribution in [2.45, 2.75) is 25.8 Å². The molecule has 12 heteroatoms. The topological polar surface area (TPSA) is 154 Å². The Balaban J connectivity index is 1.51. The second-order valence-electron chi connectivity index (χ2n) is 7.89. The van der Waals surface area contributed by atoms with Gasteiger partial charge in [0.15, 0.2) is 6.29 Å². The molecular weight excluding hydrogens is 452 g/mol. The highest BCUT2D eigenvalue weighted by Crippen LogP contribution is 2.29. The number of fused-ring (bicyclic) bond motifs is 1. The average molecular weight is 473 g/mol. The molecule has 33 heavy (non-hydrogen) atoms. The zero-order chi connectivity index (χ0) is 23.7. The summed E-state index contributed by atoms with van der Waals surface area (Å²) in [5, 5.41) is 25.8. The molecule has 4 rings (SSSR count). The Bertz CT molecular complexity index is 1140. The van der Waals surface area contributed by atoms with E-state index in [4.69, 9.17) is 11.6 Å². The van der Waals surface area contributed by atoms with E-state index in [1.54, 1.807) is 31.2 Å². The first-order chi connectivity index (χ1) is 15.7. The van der Waals surface area contributed by atoms with E-state index in [9.17, 15) is 24.5 Å². The molecule has 4 unspecified atom stereocenters.